The van der Waals surface area contributed by atoms with E-state index in [-0.39, 0.29) is 18.0 Å². The first-order valence-corrected chi connectivity index (χ1v) is 11.5. The summed E-state index contributed by atoms with van der Waals surface area (Å²) in [6, 6.07) is 9.45. The zero-order valence-corrected chi connectivity index (χ0v) is 18.2. The molecule has 7 nitrogen and oxygen atoms in total. The summed E-state index contributed by atoms with van der Waals surface area (Å²) in [6.07, 6.45) is 9.07. The van der Waals surface area contributed by atoms with Gasteiger partial charge >= 0.3 is 0 Å². The van der Waals surface area contributed by atoms with Crippen LogP contribution in [0.3, 0.4) is 0 Å². The van der Waals surface area contributed by atoms with Crippen LogP contribution in [0.5, 0.6) is 0 Å². The Kier molecular flexibility index (Phi) is 6.08. The molecule has 2 heterocycles. The van der Waals surface area contributed by atoms with Crippen molar-refractivity contribution in [1.82, 2.24) is 19.9 Å². The summed E-state index contributed by atoms with van der Waals surface area (Å²) in [6.45, 7) is 3.82. The van der Waals surface area contributed by atoms with Crippen LogP contribution in [-0.2, 0) is 4.79 Å². The summed E-state index contributed by atoms with van der Waals surface area (Å²) in [4.78, 5) is 33.6. The Balaban J connectivity index is 1.73. The summed E-state index contributed by atoms with van der Waals surface area (Å²) in [5.74, 6) is 0.219. The molecule has 0 saturated heterocycles. The van der Waals surface area contributed by atoms with Crippen LogP contribution in [0.25, 0.3) is 22.4 Å². The molecule has 2 atom stereocenters. The second kappa shape index (κ2) is 8.93. The van der Waals surface area contributed by atoms with Crippen molar-refractivity contribution in [2.24, 2.45) is 5.73 Å². The van der Waals surface area contributed by atoms with E-state index in [0.29, 0.717) is 10.5 Å². The number of thioether (sulfide) groups is 1. The van der Waals surface area contributed by atoms with E-state index in [1.165, 1.54) is 11.8 Å². The van der Waals surface area contributed by atoms with Crippen LogP contribution in [0.15, 0.2) is 54.2 Å². The molecule has 4 rings (SSSR count). The number of amides is 2. The fraction of sp³-hybridized carbons (Fsp3) is 0.304. The highest BCUT2D eigenvalue weighted by Crippen LogP contribution is 2.36. The summed E-state index contributed by atoms with van der Waals surface area (Å²) in [5, 5.41) is 3.13. The molecular weight excluding hydrogens is 410 g/mol. The number of fused-ring (bicyclic) bond motifs is 1. The van der Waals surface area contributed by atoms with E-state index < -0.39 is 5.91 Å². The number of pyridine rings is 1. The van der Waals surface area contributed by atoms with Gasteiger partial charge in [-0.05, 0) is 62.3 Å². The monoisotopic (exact) mass is 435 g/mol. The fourth-order valence-electron chi connectivity index (χ4n) is 4.21. The van der Waals surface area contributed by atoms with Gasteiger partial charge in [0.2, 0.25) is 5.91 Å². The molecule has 1 saturated carbocycles. The van der Waals surface area contributed by atoms with Crippen molar-refractivity contribution in [1.29, 1.82) is 0 Å². The molecule has 3 aromatic rings. The first kappa shape index (κ1) is 21.1. The van der Waals surface area contributed by atoms with Gasteiger partial charge in [0.1, 0.15) is 5.82 Å². The highest BCUT2D eigenvalue weighted by atomic mass is 32.2. The molecule has 3 N–H and O–H groups in total. The third-order valence-corrected chi connectivity index (χ3v) is 6.42. The maximum atomic E-state index is 12.3. The maximum Gasteiger partial charge on any atom is 0.257 e. The van der Waals surface area contributed by atoms with Gasteiger partial charge in [-0.1, -0.05) is 6.58 Å². The van der Waals surface area contributed by atoms with E-state index in [2.05, 4.69) is 21.4 Å². The lowest BCUT2D eigenvalue weighted by Crippen LogP contribution is -2.39. The van der Waals surface area contributed by atoms with Gasteiger partial charge in [-0.15, -0.1) is 11.8 Å². The lowest BCUT2D eigenvalue weighted by atomic mass is 9.90. The molecule has 2 amide bonds. The number of hydrogen-bond acceptors (Lipinski definition) is 5. The molecule has 0 aliphatic heterocycles. The average molecular weight is 436 g/mol. The minimum absolute atomic E-state index is 0.0687. The second-order valence-electron chi connectivity index (χ2n) is 7.73. The Bertz CT molecular complexity index is 1140. The standard InChI is InChI=1S/C23H25N5O2S/c1-14(31-2)23(30)26-17-6-3-7-18(12-17)28-20-9-8-15(21(24)29)11-19(20)27-22(28)16-5-4-10-25-13-16/h4-5,8-11,13,17-18H,1,3,6-7,12H2,2H3,(H2,24,29)(H,26,30). The normalized spacial score (nSPS) is 18.6. The van der Waals surface area contributed by atoms with Crippen LogP contribution in [0.4, 0.5) is 0 Å². The Morgan fingerprint density at radius 2 is 2.13 bits per heavy atom. The zero-order valence-electron chi connectivity index (χ0n) is 17.4. The van der Waals surface area contributed by atoms with E-state index in [0.717, 1.165) is 48.1 Å². The van der Waals surface area contributed by atoms with Crippen molar-refractivity contribution < 1.29 is 9.59 Å². The minimum Gasteiger partial charge on any atom is -0.366 e. The molecule has 0 bridgehead atoms. The van der Waals surface area contributed by atoms with Gasteiger partial charge in [-0.2, -0.15) is 0 Å². The molecule has 31 heavy (non-hydrogen) atoms. The molecular formula is C23H25N5O2S. The molecule has 1 aliphatic rings. The van der Waals surface area contributed by atoms with E-state index in [9.17, 15) is 9.59 Å². The van der Waals surface area contributed by atoms with Crippen LogP contribution in [0.2, 0.25) is 0 Å². The van der Waals surface area contributed by atoms with Gasteiger partial charge in [-0.3, -0.25) is 14.6 Å². The van der Waals surface area contributed by atoms with E-state index in [1.54, 1.807) is 24.5 Å². The van der Waals surface area contributed by atoms with Gasteiger partial charge in [0.15, 0.2) is 0 Å². The van der Waals surface area contributed by atoms with Crippen LogP contribution in [-0.4, -0.2) is 38.6 Å². The largest absolute Gasteiger partial charge is 0.366 e. The molecule has 1 aliphatic carbocycles. The molecule has 1 fully saturated rings. The lowest BCUT2D eigenvalue weighted by molar-refractivity contribution is -0.117. The predicted octanol–water partition coefficient (Wildman–Crippen LogP) is 3.67. The molecule has 0 radical (unpaired) electrons. The van der Waals surface area contributed by atoms with Crippen molar-refractivity contribution >= 4 is 34.6 Å². The van der Waals surface area contributed by atoms with Crippen LogP contribution >= 0.6 is 11.8 Å². The maximum absolute atomic E-state index is 12.3. The van der Waals surface area contributed by atoms with E-state index in [4.69, 9.17) is 10.7 Å². The Labute approximate surface area is 185 Å². The highest BCUT2D eigenvalue weighted by Gasteiger charge is 2.28. The zero-order chi connectivity index (χ0) is 22.0. The molecule has 2 unspecified atom stereocenters. The topological polar surface area (TPSA) is 103 Å². The lowest BCUT2D eigenvalue weighted by Gasteiger charge is -2.32. The van der Waals surface area contributed by atoms with E-state index >= 15 is 0 Å². The number of carbonyl (C=O) groups is 2. The Hall–Kier alpha value is -3.13. The number of primary amides is 1. The predicted molar refractivity (Wildman–Crippen MR) is 124 cm³/mol. The van der Waals surface area contributed by atoms with Crippen molar-refractivity contribution in [3.05, 3.63) is 59.8 Å². The third-order valence-electron chi connectivity index (χ3n) is 5.74. The van der Waals surface area contributed by atoms with Crippen molar-refractivity contribution in [2.75, 3.05) is 6.26 Å². The van der Waals surface area contributed by atoms with Gasteiger partial charge in [-0.25, -0.2) is 4.98 Å². The number of nitrogens with one attached hydrogen (secondary N) is 1. The molecule has 0 spiro atoms. The minimum atomic E-state index is -0.478. The quantitative estimate of drug-likeness (QED) is 0.575. The fourth-order valence-corrected chi connectivity index (χ4v) is 4.45. The SMILES string of the molecule is C=C(SC)C(=O)NC1CCCC(n2c(-c3cccnc3)nc3cc(C(N)=O)ccc32)C1. The highest BCUT2D eigenvalue weighted by molar-refractivity contribution is 8.03. The van der Waals surface area contributed by atoms with Crippen LogP contribution in [0, 0.1) is 0 Å². The van der Waals surface area contributed by atoms with Crippen LogP contribution in [0.1, 0.15) is 42.1 Å². The van der Waals surface area contributed by atoms with Crippen LogP contribution < -0.4 is 11.1 Å². The van der Waals surface area contributed by atoms with Crippen molar-refractivity contribution in [3.8, 4) is 11.4 Å². The Morgan fingerprint density at radius 1 is 1.29 bits per heavy atom. The number of aromatic nitrogens is 3. The summed E-state index contributed by atoms with van der Waals surface area (Å²) in [5.41, 5.74) is 8.46. The number of imidazole rings is 1. The number of benzene rings is 1. The Morgan fingerprint density at radius 3 is 2.84 bits per heavy atom. The van der Waals surface area contributed by atoms with E-state index in [1.807, 2.05) is 24.5 Å². The summed E-state index contributed by atoms with van der Waals surface area (Å²) >= 11 is 1.36. The number of carbonyl (C=O) groups excluding carboxylic acids is 2. The summed E-state index contributed by atoms with van der Waals surface area (Å²) < 4.78 is 2.22. The molecule has 1 aromatic carbocycles. The molecule has 160 valence electrons. The number of nitrogens with zero attached hydrogens (tertiary/aromatic N) is 3. The van der Waals surface area contributed by atoms with Gasteiger partial charge in [0.05, 0.1) is 15.9 Å². The number of nitrogens with two attached hydrogens (primary N) is 1. The van der Waals surface area contributed by atoms with Gasteiger partial charge < -0.3 is 15.6 Å². The number of hydrogen-bond donors (Lipinski definition) is 2. The van der Waals surface area contributed by atoms with Gasteiger partial charge in [0, 0.05) is 35.6 Å². The first-order chi connectivity index (χ1) is 15.0. The first-order valence-electron chi connectivity index (χ1n) is 10.2. The average Bonchev–Trinajstić information content (AvgIpc) is 3.18. The third kappa shape index (κ3) is 4.34. The van der Waals surface area contributed by atoms with Gasteiger partial charge in [0.25, 0.3) is 5.91 Å². The van der Waals surface area contributed by atoms with Crippen molar-refractivity contribution in [2.45, 2.75) is 37.8 Å². The van der Waals surface area contributed by atoms with Crippen molar-refractivity contribution in [3.63, 3.8) is 0 Å². The molecule has 2 aromatic heterocycles. The smallest absolute Gasteiger partial charge is 0.257 e. The summed E-state index contributed by atoms with van der Waals surface area (Å²) in [7, 11) is 0. The second-order valence-corrected chi connectivity index (χ2v) is 8.63. The molecule has 8 heteroatoms. The number of rotatable bonds is 6.